The number of aryl methyl sites for hydroxylation is 1. The number of nitrogens with zero attached hydrogens (tertiary/aromatic N) is 2. The van der Waals surface area contributed by atoms with Crippen molar-refractivity contribution in [2.45, 2.75) is 41.5 Å². The Morgan fingerprint density at radius 3 is 2.37 bits per heavy atom. The highest BCUT2D eigenvalue weighted by Crippen LogP contribution is 2.27. The molecule has 0 atom stereocenters. The molecule has 1 aromatic rings. The van der Waals surface area contributed by atoms with Crippen LogP contribution in [0.5, 0.6) is 0 Å². The number of carboxylic acids is 1. The van der Waals surface area contributed by atoms with Gasteiger partial charge in [0, 0.05) is 6.54 Å². The third-order valence-corrected chi connectivity index (χ3v) is 3.94. The largest absolute Gasteiger partial charge is 0.478 e. The molecule has 1 aromatic heterocycles. The first-order valence-corrected chi connectivity index (χ1v) is 6.48. The second kappa shape index (κ2) is 5.55. The number of aromatic nitrogens is 2. The van der Waals surface area contributed by atoms with Gasteiger partial charge in [0.1, 0.15) is 5.56 Å². The van der Waals surface area contributed by atoms with E-state index < -0.39 is 5.97 Å². The number of rotatable bonds is 5. The molecule has 0 aliphatic carbocycles. The lowest BCUT2D eigenvalue weighted by Gasteiger charge is -2.29. The lowest BCUT2D eigenvalue weighted by Crippen LogP contribution is -2.29. The summed E-state index contributed by atoms with van der Waals surface area (Å²) in [6.07, 6.45) is 0. The first-order chi connectivity index (χ1) is 8.66. The first kappa shape index (κ1) is 15.4. The summed E-state index contributed by atoms with van der Waals surface area (Å²) in [7, 11) is 0. The second-order valence-electron chi connectivity index (χ2n) is 5.94. The summed E-state index contributed by atoms with van der Waals surface area (Å²) in [6, 6.07) is 0. The molecule has 5 nitrogen and oxygen atoms in total. The molecule has 0 aliphatic rings. The topological polar surface area (TPSA) is 75.1 Å². The molecule has 1 heterocycles. The molecular formula is C14H23N3O2. The van der Waals surface area contributed by atoms with Crippen LogP contribution in [-0.4, -0.2) is 27.8 Å². The van der Waals surface area contributed by atoms with E-state index in [1.165, 1.54) is 0 Å². The standard InChI is InChI=1S/C14H23N3O2/c1-8(2)14(5,6)7-15-12-11(13(18)19)9(3)10(4)16-17-12/h8H,7H2,1-6H3,(H,15,17)(H,18,19). The van der Waals surface area contributed by atoms with Crippen LogP contribution < -0.4 is 5.32 Å². The van der Waals surface area contributed by atoms with Crippen molar-refractivity contribution in [2.75, 3.05) is 11.9 Å². The van der Waals surface area contributed by atoms with E-state index in [1.54, 1.807) is 13.8 Å². The van der Waals surface area contributed by atoms with Gasteiger partial charge < -0.3 is 10.4 Å². The van der Waals surface area contributed by atoms with Crippen molar-refractivity contribution in [2.24, 2.45) is 11.3 Å². The number of hydrogen-bond acceptors (Lipinski definition) is 4. The molecule has 0 radical (unpaired) electrons. The van der Waals surface area contributed by atoms with E-state index in [1.807, 2.05) is 0 Å². The van der Waals surface area contributed by atoms with Gasteiger partial charge in [-0.05, 0) is 30.7 Å². The van der Waals surface area contributed by atoms with Gasteiger partial charge in [-0.15, -0.1) is 5.10 Å². The zero-order valence-corrected chi connectivity index (χ0v) is 12.5. The molecule has 0 fully saturated rings. The molecule has 0 aromatic carbocycles. The molecule has 0 amide bonds. The van der Waals surface area contributed by atoms with Crippen LogP contribution in [0.25, 0.3) is 0 Å². The molecule has 0 bridgehead atoms. The molecule has 1 rings (SSSR count). The number of carbonyl (C=O) groups is 1. The number of carboxylic acid groups (broad SMARTS) is 1. The maximum absolute atomic E-state index is 11.3. The molecule has 0 aliphatic heterocycles. The average molecular weight is 265 g/mol. The van der Waals surface area contributed by atoms with Gasteiger partial charge in [0.2, 0.25) is 0 Å². The lowest BCUT2D eigenvalue weighted by atomic mass is 9.81. The molecule has 0 saturated carbocycles. The summed E-state index contributed by atoms with van der Waals surface area (Å²) in [5.74, 6) is -0.141. The van der Waals surface area contributed by atoms with Crippen LogP contribution in [0.2, 0.25) is 0 Å². The van der Waals surface area contributed by atoms with E-state index in [-0.39, 0.29) is 11.0 Å². The van der Waals surface area contributed by atoms with Crippen molar-refractivity contribution in [3.63, 3.8) is 0 Å². The minimum absolute atomic E-state index is 0.0518. The highest BCUT2D eigenvalue weighted by molar-refractivity contribution is 5.94. The van der Waals surface area contributed by atoms with Crippen LogP contribution in [0.15, 0.2) is 0 Å². The monoisotopic (exact) mass is 265 g/mol. The Bertz CT molecular complexity index is 482. The minimum atomic E-state index is -0.972. The van der Waals surface area contributed by atoms with Gasteiger partial charge in [0.15, 0.2) is 5.82 Å². The average Bonchev–Trinajstić information content (AvgIpc) is 2.29. The molecular weight excluding hydrogens is 242 g/mol. The van der Waals surface area contributed by atoms with E-state index >= 15 is 0 Å². The molecule has 5 heteroatoms. The molecule has 19 heavy (non-hydrogen) atoms. The van der Waals surface area contributed by atoms with Gasteiger partial charge in [-0.1, -0.05) is 27.7 Å². The zero-order chi connectivity index (χ0) is 14.8. The van der Waals surface area contributed by atoms with Crippen LogP contribution in [-0.2, 0) is 0 Å². The maximum atomic E-state index is 11.3. The maximum Gasteiger partial charge on any atom is 0.339 e. The molecule has 106 valence electrons. The highest BCUT2D eigenvalue weighted by atomic mass is 16.4. The Morgan fingerprint density at radius 1 is 1.32 bits per heavy atom. The Kier molecular flexibility index (Phi) is 4.50. The summed E-state index contributed by atoms with van der Waals surface area (Å²) in [5, 5.41) is 20.4. The van der Waals surface area contributed by atoms with E-state index in [4.69, 9.17) is 0 Å². The Morgan fingerprint density at radius 2 is 1.89 bits per heavy atom. The predicted molar refractivity (Wildman–Crippen MR) is 75.6 cm³/mol. The van der Waals surface area contributed by atoms with Crippen LogP contribution >= 0.6 is 0 Å². The molecule has 0 saturated heterocycles. The Balaban J connectivity index is 3.03. The second-order valence-corrected chi connectivity index (χ2v) is 5.94. The predicted octanol–water partition coefficient (Wildman–Crippen LogP) is 2.89. The van der Waals surface area contributed by atoms with Crippen molar-refractivity contribution in [1.29, 1.82) is 0 Å². The smallest absolute Gasteiger partial charge is 0.339 e. The minimum Gasteiger partial charge on any atom is -0.478 e. The molecule has 2 N–H and O–H groups in total. The quantitative estimate of drug-likeness (QED) is 0.856. The van der Waals surface area contributed by atoms with Crippen molar-refractivity contribution >= 4 is 11.8 Å². The number of aromatic carboxylic acids is 1. The van der Waals surface area contributed by atoms with Crippen molar-refractivity contribution in [3.8, 4) is 0 Å². The number of anilines is 1. The molecule has 0 spiro atoms. The fourth-order valence-corrected chi connectivity index (χ4v) is 1.51. The van der Waals surface area contributed by atoms with Crippen LogP contribution in [0, 0.1) is 25.2 Å². The van der Waals surface area contributed by atoms with Gasteiger partial charge in [-0.3, -0.25) is 0 Å². The van der Waals surface area contributed by atoms with E-state index in [0.717, 1.165) is 0 Å². The van der Waals surface area contributed by atoms with E-state index in [9.17, 15) is 9.90 Å². The Labute approximate surface area is 114 Å². The van der Waals surface area contributed by atoms with Crippen molar-refractivity contribution in [3.05, 3.63) is 16.8 Å². The molecule has 0 unspecified atom stereocenters. The van der Waals surface area contributed by atoms with E-state index in [0.29, 0.717) is 29.5 Å². The van der Waals surface area contributed by atoms with Crippen molar-refractivity contribution < 1.29 is 9.90 Å². The lowest BCUT2D eigenvalue weighted by molar-refractivity contribution is 0.0696. The third kappa shape index (κ3) is 3.43. The summed E-state index contributed by atoms with van der Waals surface area (Å²) >= 11 is 0. The first-order valence-electron chi connectivity index (χ1n) is 6.48. The Hall–Kier alpha value is -1.65. The normalized spacial score (nSPS) is 11.7. The van der Waals surface area contributed by atoms with Crippen LogP contribution in [0.3, 0.4) is 0 Å². The van der Waals surface area contributed by atoms with Gasteiger partial charge in [0.05, 0.1) is 5.69 Å². The van der Waals surface area contributed by atoms with Gasteiger partial charge in [0.25, 0.3) is 0 Å². The zero-order valence-electron chi connectivity index (χ0n) is 12.5. The fraction of sp³-hybridized carbons (Fsp3) is 0.643. The summed E-state index contributed by atoms with van der Waals surface area (Å²) in [6.45, 7) is 12.7. The SMILES string of the molecule is Cc1nnc(NCC(C)(C)C(C)C)c(C(=O)O)c1C. The van der Waals surface area contributed by atoms with Crippen LogP contribution in [0.4, 0.5) is 5.82 Å². The number of nitrogens with one attached hydrogen (secondary N) is 1. The van der Waals surface area contributed by atoms with Gasteiger partial charge in [-0.2, -0.15) is 5.10 Å². The summed E-state index contributed by atoms with van der Waals surface area (Å²) in [5.41, 5.74) is 1.57. The number of hydrogen-bond donors (Lipinski definition) is 2. The summed E-state index contributed by atoms with van der Waals surface area (Å²) in [4.78, 5) is 11.3. The van der Waals surface area contributed by atoms with Gasteiger partial charge >= 0.3 is 5.97 Å². The van der Waals surface area contributed by atoms with E-state index in [2.05, 4.69) is 43.2 Å². The summed E-state index contributed by atoms with van der Waals surface area (Å²) < 4.78 is 0. The third-order valence-electron chi connectivity index (χ3n) is 3.94. The van der Waals surface area contributed by atoms with Gasteiger partial charge in [-0.25, -0.2) is 4.79 Å². The van der Waals surface area contributed by atoms with Crippen LogP contribution in [0.1, 0.15) is 49.3 Å². The highest BCUT2D eigenvalue weighted by Gasteiger charge is 2.24. The van der Waals surface area contributed by atoms with Crippen molar-refractivity contribution in [1.82, 2.24) is 10.2 Å². The fourth-order valence-electron chi connectivity index (χ4n) is 1.51.